The largest absolute Gasteiger partial charge is 0.304 e. The van der Waals surface area contributed by atoms with E-state index in [9.17, 15) is 0 Å². The van der Waals surface area contributed by atoms with Gasteiger partial charge in [-0.25, -0.2) is 0 Å². The molecule has 0 aromatic carbocycles. The minimum Gasteiger partial charge on any atom is -0.304 e. The van der Waals surface area contributed by atoms with Crippen LogP contribution in [-0.2, 0) is 0 Å². The molecule has 0 radical (unpaired) electrons. The van der Waals surface area contributed by atoms with Gasteiger partial charge in [-0.3, -0.25) is 0 Å². The molecule has 0 aromatic rings. The standard InChI is InChI=1S/C5H7N/c1-2-5-3(1)4(5)6-5/h3-4,6H,1-2H2/t3-,4?,5-/m1/s1. The molecule has 0 bridgehead atoms. The molecule has 1 aliphatic heterocycles. The molecule has 3 aliphatic rings. The van der Waals surface area contributed by atoms with Gasteiger partial charge in [0.1, 0.15) is 0 Å². The Morgan fingerprint density at radius 2 is 2.50 bits per heavy atom. The summed E-state index contributed by atoms with van der Waals surface area (Å²) in [6, 6.07) is 1.03. The number of rotatable bonds is 0. The molecule has 0 aromatic heterocycles. The molecule has 1 saturated heterocycles. The van der Waals surface area contributed by atoms with Crippen molar-refractivity contribution in [1.29, 1.82) is 0 Å². The van der Waals surface area contributed by atoms with Crippen LogP contribution in [0.2, 0.25) is 0 Å². The summed E-state index contributed by atoms with van der Waals surface area (Å²) in [5.41, 5.74) is 0.806. The third-order valence-electron chi connectivity index (χ3n) is 2.72. The molecule has 3 rings (SSSR count). The first-order valence-electron chi connectivity index (χ1n) is 2.71. The summed E-state index contributed by atoms with van der Waals surface area (Å²) in [4.78, 5) is 0. The van der Waals surface area contributed by atoms with E-state index in [1.165, 1.54) is 12.8 Å². The Kier molecular flexibility index (Phi) is 0.134. The number of piperidine rings is 1. The Morgan fingerprint density at radius 1 is 1.67 bits per heavy atom. The zero-order valence-corrected chi connectivity index (χ0v) is 3.57. The predicted octanol–water partition coefficient (Wildman–Crippen LogP) is 0.121. The summed E-state index contributed by atoms with van der Waals surface area (Å²) in [5.74, 6) is 1.16. The van der Waals surface area contributed by atoms with Gasteiger partial charge < -0.3 is 5.32 Å². The van der Waals surface area contributed by atoms with Gasteiger partial charge in [0.25, 0.3) is 0 Å². The van der Waals surface area contributed by atoms with Gasteiger partial charge >= 0.3 is 0 Å². The van der Waals surface area contributed by atoms with Gasteiger partial charge in [-0.1, -0.05) is 0 Å². The van der Waals surface area contributed by atoms with Crippen LogP contribution in [0.5, 0.6) is 0 Å². The smallest absolute Gasteiger partial charge is 0.0385 e. The van der Waals surface area contributed by atoms with E-state index in [1.807, 2.05) is 0 Å². The number of fused-ring (bicyclic) bond motifs is 1. The van der Waals surface area contributed by atoms with E-state index in [0.29, 0.717) is 0 Å². The van der Waals surface area contributed by atoms with Crippen LogP contribution in [0.15, 0.2) is 0 Å². The Morgan fingerprint density at radius 3 is 2.50 bits per heavy atom. The lowest BCUT2D eigenvalue weighted by Crippen LogP contribution is -2.27. The van der Waals surface area contributed by atoms with Gasteiger partial charge in [0, 0.05) is 11.6 Å². The number of hydrogen-bond acceptors (Lipinski definition) is 1. The molecule has 1 N–H and O–H groups in total. The molecule has 3 atom stereocenters. The van der Waals surface area contributed by atoms with Crippen LogP contribution in [-0.4, -0.2) is 11.6 Å². The van der Waals surface area contributed by atoms with Crippen molar-refractivity contribution in [2.24, 2.45) is 5.92 Å². The Hall–Kier alpha value is -0.0400. The van der Waals surface area contributed by atoms with Crippen molar-refractivity contribution in [3.8, 4) is 0 Å². The van der Waals surface area contributed by atoms with Gasteiger partial charge in [0.05, 0.1) is 0 Å². The minimum absolute atomic E-state index is 0.806. The highest BCUT2D eigenvalue weighted by molar-refractivity contribution is 5.43. The summed E-state index contributed by atoms with van der Waals surface area (Å²) in [7, 11) is 0. The molecule has 1 heterocycles. The highest BCUT2D eigenvalue weighted by Crippen LogP contribution is 2.70. The van der Waals surface area contributed by atoms with Gasteiger partial charge in [-0.2, -0.15) is 0 Å². The van der Waals surface area contributed by atoms with Crippen molar-refractivity contribution >= 4 is 0 Å². The van der Waals surface area contributed by atoms with Crippen molar-refractivity contribution in [3.05, 3.63) is 0 Å². The maximum atomic E-state index is 3.41. The molecule has 0 amide bonds. The fourth-order valence-corrected chi connectivity index (χ4v) is 1.89. The highest BCUT2D eigenvalue weighted by Gasteiger charge is 2.83. The van der Waals surface area contributed by atoms with Gasteiger partial charge in [0.2, 0.25) is 0 Å². The Balaban J connectivity index is 2.20. The minimum atomic E-state index is 0.806. The molecule has 3 fully saturated rings. The monoisotopic (exact) mass is 81.1 g/mol. The molecule has 6 heavy (non-hydrogen) atoms. The maximum Gasteiger partial charge on any atom is 0.0385 e. The van der Waals surface area contributed by atoms with Crippen LogP contribution in [0, 0.1) is 5.92 Å². The summed E-state index contributed by atoms with van der Waals surface area (Å²) < 4.78 is 0. The van der Waals surface area contributed by atoms with Crippen molar-refractivity contribution in [3.63, 3.8) is 0 Å². The first-order valence-corrected chi connectivity index (χ1v) is 2.71. The quantitative estimate of drug-likeness (QED) is 0.411. The normalized spacial score (nSPS) is 80.0. The van der Waals surface area contributed by atoms with Crippen LogP contribution in [0.1, 0.15) is 12.8 Å². The summed E-state index contributed by atoms with van der Waals surface area (Å²) >= 11 is 0. The second-order valence-corrected chi connectivity index (χ2v) is 2.81. The maximum absolute atomic E-state index is 3.41. The predicted molar refractivity (Wildman–Crippen MR) is 22.4 cm³/mol. The first-order chi connectivity index (χ1) is 2.93. The van der Waals surface area contributed by atoms with Gasteiger partial charge in [-0.05, 0) is 18.8 Å². The van der Waals surface area contributed by atoms with E-state index in [-0.39, 0.29) is 0 Å². The van der Waals surface area contributed by atoms with Crippen LogP contribution in [0.25, 0.3) is 0 Å². The summed E-state index contributed by atoms with van der Waals surface area (Å²) in [5, 5.41) is 3.41. The topological polar surface area (TPSA) is 21.9 Å². The molecule has 1 nitrogen and oxygen atoms in total. The van der Waals surface area contributed by atoms with E-state index < -0.39 is 0 Å². The van der Waals surface area contributed by atoms with Gasteiger partial charge in [-0.15, -0.1) is 0 Å². The second-order valence-electron chi connectivity index (χ2n) is 2.81. The molecule has 1 unspecified atom stereocenters. The van der Waals surface area contributed by atoms with Crippen LogP contribution >= 0.6 is 0 Å². The summed E-state index contributed by atoms with van der Waals surface area (Å²) in [6.07, 6.45) is 3.01. The van der Waals surface area contributed by atoms with Crippen LogP contribution in [0.4, 0.5) is 0 Å². The van der Waals surface area contributed by atoms with Crippen molar-refractivity contribution in [1.82, 2.24) is 5.32 Å². The lowest BCUT2D eigenvalue weighted by atomic mass is 9.94. The van der Waals surface area contributed by atoms with E-state index in [2.05, 4.69) is 5.32 Å². The fourth-order valence-electron chi connectivity index (χ4n) is 1.89. The molecular formula is C5H7N. The Bertz CT molecular complexity index is 111. The molecule has 1 spiro atoms. The second kappa shape index (κ2) is 0.348. The van der Waals surface area contributed by atoms with Gasteiger partial charge in [0.15, 0.2) is 0 Å². The van der Waals surface area contributed by atoms with E-state index in [4.69, 9.17) is 0 Å². The number of nitrogens with one attached hydrogen (secondary N) is 1. The van der Waals surface area contributed by atoms with Crippen molar-refractivity contribution in [2.45, 2.75) is 24.4 Å². The average molecular weight is 81.1 g/mol. The van der Waals surface area contributed by atoms with E-state index >= 15 is 0 Å². The highest BCUT2D eigenvalue weighted by atomic mass is 15.4. The lowest BCUT2D eigenvalue weighted by Gasteiger charge is -2.19. The Labute approximate surface area is 36.7 Å². The van der Waals surface area contributed by atoms with Crippen LogP contribution in [0.3, 0.4) is 0 Å². The summed E-state index contributed by atoms with van der Waals surface area (Å²) in [6.45, 7) is 0. The number of hydrogen-bond donors (Lipinski definition) is 1. The third kappa shape index (κ3) is 0.0658. The SMILES string of the molecule is C1C[C@]23NC2[C@@H]13. The molecule has 1 heteroatoms. The molecular weight excluding hydrogens is 74.1 g/mol. The first kappa shape index (κ1) is 2.31. The zero-order valence-electron chi connectivity index (χ0n) is 3.57. The average Bonchev–Trinajstić information content (AvgIpc) is 2.22. The molecule has 2 aliphatic carbocycles. The van der Waals surface area contributed by atoms with E-state index in [0.717, 1.165) is 17.5 Å². The fraction of sp³-hybridized carbons (Fsp3) is 1.00. The molecule has 32 valence electrons. The van der Waals surface area contributed by atoms with Crippen LogP contribution < -0.4 is 5.32 Å². The zero-order chi connectivity index (χ0) is 3.78. The molecule has 2 saturated carbocycles. The van der Waals surface area contributed by atoms with Crippen molar-refractivity contribution < 1.29 is 0 Å². The third-order valence-corrected chi connectivity index (χ3v) is 2.72. The van der Waals surface area contributed by atoms with E-state index in [1.54, 1.807) is 0 Å². The lowest BCUT2D eigenvalue weighted by molar-refractivity contribution is 0.353. The van der Waals surface area contributed by atoms with Crippen molar-refractivity contribution in [2.75, 3.05) is 0 Å².